The fourth-order valence-electron chi connectivity index (χ4n) is 7.07. The van der Waals surface area contributed by atoms with E-state index in [1.54, 1.807) is 14.2 Å². The summed E-state index contributed by atoms with van der Waals surface area (Å²) in [5.74, 6) is 3.64. The molecule has 1 saturated carbocycles. The van der Waals surface area contributed by atoms with E-state index < -0.39 is 0 Å². The third-order valence-corrected chi connectivity index (χ3v) is 9.31. The van der Waals surface area contributed by atoms with Crippen LogP contribution in [-0.2, 0) is 0 Å². The summed E-state index contributed by atoms with van der Waals surface area (Å²) >= 11 is 0. The maximum absolute atomic E-state index is 5.56. The number of aromatic nitrogens is 2. The molecule has 0 radical (unpaired) electrons. The zero-order valence-electron chi connectivity index (χ0n) is 24.9. The van der Waals surface area contributed by atoms with Crippen molar-refractivity contribution in [1.29, 1.82) is 0 Å². The summed E-state index contributed by atoms with van der Waals surface area (Å²) in [6.07, 6.45) is 9.55. The van der Waals surface area contributed by atoms with Gasteiger partial charge in [-0.05, 0) is 74.9 Å². The maximum Gasteiger partial charge on any atom is 0.129 e. The van der Waals surface area contributed by atoms with E-state index in [0.29, 0.717) is 0 Å². The van der Waals surface area contributed by atoms with Gasteiger partial charge in [-0.25, -0.2) is 9.97 Å². The average Bonchev–Trinajstić information content (AvgIpc) is 3.76. The van der Waals surface area contributed by atoms with Crippen LogP contribution in [0, 0.1) is 0 Å². The Morgan fingerprint density at radius 1 is 0.595 bits per heavy atom. The van der Waals surface area contributed by atoms with E-state index in [4.69, 9.17) is 19.4 Å². The van der Waals surface area contributed by atoms with Crippen LogP contribution in [0.3, 0.4) is 0 Å². The molecule has 0 bridgehead atoms. The van der Waals surface area contributed by atoms with Gasteiger partial charge in [-0.15, -0.1) is 0 Å². The van der Waals surface area contributed by atoms with Crippen molar-refractivity contribution in [2.45, 2.75) is 63.5 Å². The number of hydrogen-bond donors (Lipinski definition) is 2. The van der Waals surface area contributed by atoms with Gasteiger partial charge in [0.1, 0.15) is 23.1 Å². The van der Waals surface area contributed by atoms with Crippen LogP contribution in [0.5, 0.6) is 11.5 Å². The largest absolute Gasteiger partial charge is 0.497 e. The molecule has 0 spiro atoms. The highest BCUT2D eigenvalue weighted by molar-refractivity contribution is 5.95. The highest BCUT2D eigenvalue weighted by Crippen LogP contribution is 2.36. The molecule has 3 fully saturated rings. The third kappa shape index (κ3) is 5.35. The maximum atomic E-state index is 5.56. The topological polar surface area (TPSA) is 74.8 Å². The third-order valence-electron chi connectivity index (χ3n) is 9.31. The Morgan fingerprint density at radius 2 is 1.02 bits per heavy atom. The summed E-state index contributed by atoms with van der Waals surface area (Å²) in [5.41, 5.74) is 4.51. The fourth-order valence-corrected chi connectivity index (χ4v) is 7.07. The lowest BCUT2D eigenvalue weighted by atomic mass is 9.90. The van der Waals surface area contributed by atoms with Gasteiger partial charge in [-0.3, -0.25) is 0 Å². The molecule has 42 heavy (non-hydrogen) atoms. The van der Waals surface area contributed by atoms with Crippen LogP contribution in [0.25, 0.3) is 21.8 Å². The molecule has 0 amide bonds. The number of hydrogen-bond acceptors (Lipinski definition) is 8. The van der Waals surface area contributed by atoms with E-state index in [9.17, 15) is 0 Å². The van der Waals surface area contributed by atoms with Gasteiger partial charge < -0.3 is 29.9 Å². The molecule has 0 unspecified atom stereocenters. The van der Waals surface area contributed by atoms with Crippen LogP contribution < -0.4 is 29.9 Å². The molecule has 2 N–H and O–H groups in total. The van der Waals surface area contributed by atoms with Gasteiger partial charge in [0.25, 0.3) is 0 Å². The summed E-state index contributed by atoms with van der Waals surface area (Å²) in [6, 6.07) is 17.5. The highest BCUT2D eigenvalue weighted by Gasteiger charge is 2.27. The summed E-state index contributed by atoms with van der Waals surface area (Å²) in [5, 5.41) is 10.1. The molecule has 2 aliphatic heterocycles. The summed E-state index contributed by atoms with van der Waals surface area (Å²) < 4.78 is 11.1. The lowest BCUT2D eigenvalue weighted by Gasteiger charge is -2.34. The van der Waals surface area contributed by atoms with E-state index >= 15 is 0 Å². The van der Waals surface area contributed by atoms with Crippen molar-refractivity contribution in [2.24, 2.45) is 0 Å². The quantitative estimate of drug-likeness (QED) is 0.240. The minimum Gasteiger partial charge on any atom is -0.497 e. The number of benzene rings is 2. The van der Waals surface area contributed by atoms with E-state index in [2.05, 4.69) is 56.8 Å². The molecule has 7 rings (SSSR count). The molecule has 2 saturated heterocycles. The molecule has 8 nitrogen and oxygen atoms in total. The van der Waals surface area contributed by atoms with Gasteiger partial charge in [-0.1, -0.05) is 12.8 Å². The first-order chi connectivity index (χ1) is 20.7. The molecule has 4 heterocycles. The van der Waals surface area contributed by atoms with Gasteiger partial charge >= 0.3 is 0 Å². The van der Waals surface area contributed by atoms with Gasteiger partial charge in [0.15, 0.2) is 0 Å². The number of rotatable bonds is 8. The predicted octanol–water partition coefficient (Wildman–Crippen LogP) is 6.84. The number of fused-ring (bicyclic) bond motifs is 2. The average molecular weight is 567 g/mol. The second-order valence-electron chi connectivity index (χ2n) is 12.0. The smallest absolute Gasteiger partial charge is 0.129 e. The van der Waals surface area contributed by atoms with Crippen molar-refractivity contribution >= 4 is 44.8 Å². The van der Waals surface area contributed by atoms with Crippen molar-refractivity contribution in [2.75, 3.05) is 60.8 Å². The van der Waals surface area contributed by atoms with Gasteiger partial charge in [0.05, 0.1) is 25.3 Å². The lowest BCUT2D eigenvalue weighted by molar-refractivity contribution is 0.415. The van der Waals surface area contributed by atoms with Crippen LogP contribution >= 0.6 is 0 Å². The Bertz CT molecular complexity index is 1450. The minimum atomic E-state index is 0.261. The van der Waals surface area contributed by atoms with Gasteiger partial charge in [0.2, 0.25) is 0 Å². The van der Waals surface area contributed by atoms with Crippen LogP contribution in [0.4, 0.5) is 23.0 Å². The molecule has 8 heteroatoms. The monoisotopic (exact) mass is 566 g/mol. The summed E-state index contributed by atoms with van der Waals surface area (Å²) in [7, 11) is 3.46. The molecule has 3 aliphatic rings. The van der Waals surface area contributed by atoms with E-state index in [1.165, 1.54) is 49.9 Å². The Kier molecular flexibility index (Phi) is 7.53. The van der Waals surface area contributed by atoms with Crippen LogP contribution in [0.1, 0.15) is 51.4 Å². The normalized spacial score (nSPS) is 20.8. The Hall–Kier alpha value is -3.94. The summed E-state index contributed by atoms with van der Waals surface area (Å²) in [4.78, 5) is 15.2. The SMILES string of the molecule is COc1ccc2nc(N[C@@H]3CCCC[C@H]3Nc3cc(N4CCCC4)c4cc(OC)ccc4n3)cc(N3CCCC3)c2c1. The molecule has 1 aliphatic carbocycles. The van der Waals surface area contributed by atoms with E-state index in [-0.39, 0.29) is 12.1 Å². The highest BCUT2D eigenvalue weighted by atomic mass is 16.5. The van der Waals surface area contributed by atoms with Crippen molar-refractivity contribution in [3.63, 3.8) is 0 Å². The van der Waals surface area contributed by atoms with Gasteiger partial charge in [0, 0.05) is 72.5 Å². The molecule has 2 aromatic carbocycles. The molecule has 2 atom stereocenters. The first-order valence-corrected chi connectivity index (χ1v) is 15.7. The first kappa shape index (κ1) is 26.9. The van der Waals surface area contributed by atoms with Crippen LogP contribution in [0.2, 0.25) is 0 Å². The van der Waals surface area contributed by atoms with Crippen molar-refractivity contribution < 1.29 is 9.47 Å². The number of ether oxygens (including phenoxy) is 2. The minimum absolute atomic E-state index is 0.261. The van der Waals surface area contributed by atoms with E-state index in [0.717, 1.165) is 84.0 Å². The number of methoxy groups -OCH3 is 2. The standard InChI is InChI=1S/C34H42N6O2/c1-41-23-11-13-27-25(19-23)31(39-15-5-6-16-39)21-33(35-27)37-29-9-3-4-10-30(29)38-34-22-32(40-17-7-8-18-40)26-20-24(42-2)12-14-28(26)36-34/h11-14,19-22,29-30H,3-10,15-18H2,1-2H3,(H,35,37)(H,36,38)/t29-,30-/m1/s1. The van der Waals surface area contributed by atoms with Crippen molar-refractivity contribution in [1.82, 2.24) is 9.97 Å². The zero-order valence-corrected chi connectivity index (χ0v) is 24.9. The Labute approximate surface area is 248 Å². The van der Waals surface area contributed by atoms with Crippen molar-refractivity contribution in [3.05, 3.63) is 48.5 Å². The fraction of sp³-hybridized carbons (Fsp3) is 0.471. The lowest BCUT2D eigenvalue weighted by Crippen LogP contribution is -2.42. The first-order valence-electron chi connectivity index (χ1n) is 15.7. The molecule has 4 aromatic rings. The molecular weight excluding hydrogens is 524 g/mol. The number of nitrogens with zero attached hydrogens (tertiary/aromatic N) is 4. The Balaban J connectivity index is 1.19. The molecule has 220 valence electrons. The van der Waals surface area contributed by atoms with Crippen molar-refractivity contribution in [3.8, 4) is 11.5 Å². The second-order valence-corrected chi connectivity index (χ2v) is 12.0. The predicted molar refractivity (Wildman–Crippen MR) is 173 cm³/mol. The number of anilines is 4. The number of pyridine rings is 2. The van der Waals surface area contributed by atoms with Crippen LogP contribution in [0.15, 0.2) is 48.5 Å². The van der Waals surface area contributed by atoms with E-state index in [1.807, 2.05) is 12.1 Å². The second kappa shape index (κ2) is 11.7. The summed E-state index contributed by atoms with van der Waals surface area (Å²) in [6.45, 7) is 4.34. The molecular formula is C34H42N6O2. The van der Waals surface area contributed by atoms with Crippen LogP contribution in [-0.4, -0.2) is 62.5 Å². The number of nitrogens with one attached hydrogen (secondary N) is 2. The Morgan fingerprint density at radius 3 is 1.43 bits per heavy atom. The zero-order chi connectivity index (χ0) is 28.5. The molecule has 2 aromatic heterocycles. The van der Waals surface area contributed by atoms with Gasteiger partial charge in [-0.2, -0.15) is 0 Å².